The number of ether oxygens (including phenoxy) is 4. The maximum Gasteiger partial charge on any atom is 0.352 e. The van der Waals surface area contributed by atoms with Crippen LogP contribution in [0.5, 0.6) is 0 Å². The number of esters is 3. The molecular weight excluding hydrogens is 460 g/mol. The fourth-order valence-corrected chi connectivity index (χ4v) is 3.11. The van der Waals surface area contributed by atoms with Gasteiger partial charge in [-0.05, 0) is 26.8 Å². The lowest BCUT2D eigenvalue weighted by Gasteiger charge is -2.30. The largest absolute Gasteiger partial charge is 0.462 e. The Balaban J connectivity index is 2.64. The topological polar surface area (TPSA) is 173 Å². The van der Waals surface area contributed by atoms with Gasteiger partial charge in [0, 0.05) is 6.20 Å². The molecule has 1 aliphatic heterocycles. The fourth-order valence-electron chi connectivity index (χ4n) is 3.11. The van der Waals surface area contributed by atoms with Gasteiger partial charge in [-0.3, -0.25) is 19.0 Å². The minimum atomic E-state index is -2.29. The van der Waals surface area contributed by atoms with E-state index in [1.807, 2.05) is 6.07 Å². The van der Waals surface area contributed by atoms with Crippen LogP contribution < -0.4 is 11.4 Å². The molecule has 0 aliphatic carbocycles. The lowest BCUT2D eigenvalue weighted by molar-refractivity contribution is -0.177. The average molecular weight is 493 g/mol. The van der Waals surface area contributed by atoms with Crippen molar-refractivity contribution in [2.45, 2.75) is 72.5 Å². The number of nitrogens with two attached hydrogens (primary N) is 1. The van der Waals surface area contributed by atoms with Gasteiger partial charge in [-0.25, -0.2) is 4.79 Å². The number of nitrogen functional groups attached to an aromatic ring is 1. The molecule has 12 heteroatoms. The van der Waals surface area contributed by atoms with Crippen LogP contribution in [0.4, 0.5) is 5.82 Å². The molecule has 4 unspecified atom stereocenters. The minimum Gasteiger partial charge on any atom is -0.462 e. The van der Waals surface area contributed by atoms with E-state index >= 15 is 0 Å². The van der Waals surface area contributed by atoms with E-state index in [4.69, 9.17) is 24.7 Å². The predicted octanol–water partition coefficient (Wildman–Crippen LogP) is 1.13. The molecule has 0 saturated carbocycles. The SMILES string of the molecule is CC(C)C(=O)OC1C(COC(=O)C(C)(C)C)OC(C#N)(n2ccc(N)nc2=O)C1OC(=O)C(C)C. The van der Waals surface area contributed by atoms with Gasteiger partial charge in [0.05, 0.1) is 17.3 Å². The second-order valence-electron chi connectivity index (χ2n) is 9.89. The van der Waals surface area contributed by atoms with E-state index < -0.39 is 71.5 Å². The zero-order valence-corrected chi connectivity index (χ0v) is 20.9. The van der Waals surface area contributed by atoms with E-state index in [0.29, 0.717) is 0 Å². The van der Waals surface area contributed by atoms with Crippen LogP contribution >= 0.6 is 0 Å². The first kappa shape index (κ1) is 27.8. The van der Waals surface area contributed by atoms with Crippen LogP contribution in [0.3, 0.4) is 0 Å². The summed E-state index contributed by atoms with van der Waals surface area (Å²) in [6.07, 6.45) is -3.07. The summed E-state index contributed by atoms with van der Waals surface area (Å²) in [5, 5.41) is 10.2. The zero-order valence-electron chi connectivity index (χ0n) is 20.9. The molecule has 1 aromatic rings. The molecule has 1 aliphatic rings. The van der Waals surface area contributed by atoms with Crippen molar-refractivity contribution in [2.24, 2.45) is 17.3 Å². The summed E-state index contributed by atoms with van der Waals surface area (Å²) in [4.78, 5) is 53.9. The van der Waals surface area contributed by atoms with Gasteiger partial charge < -0.3 is 24.7 Å². The Hall–Kier alpha value is -3.46. The number of hydrogen-bond acceptors (Lipinski definition) is 11. The number of nitriles is 1. The fraction of sp³-hybridized carbons (Fsp3) is 0.652. The molecule has 2 heterocycles. The lowest BCUT2D eigenvalue weighted by Crippen LogP contribution is -2.52. The van der Waals surface area contributed by atoms with Crippen LogP contribution in [-0.2, 0) is 39.1 Å². The van der Waals surface area contributed by atoms with Gasteiger partial charge in [-0.2, -0.15) is 10.2 Å². The van der Waals surface area contributed by atoms with Crippen molar-refractivity contribution in [1.29, 1.82) is 5.26 Å². The van der Waals surface area contributed by atoms with Gasteiger partial charge >= 0.3 is 23.6 Å². The normalized spacial score (nSPS) is 24.2. The van der Waals surface area contributed by atoms with Crippen molar-refractivity contribution in [3.8, 4) is 6.07 Å². The summed E-state index contributed by atoms with van der Waals surface area (Å²) in [6.45, 7) is 10.8. The minimum absolute atomic E-state index is 0.105. The first-order valence-electron chi connectivity index (χ1n) is 11.2. The van der Waals surface area contributed by atoms with Crippen LogP contribution in [0.25, 0.3) is 0 Å². The highest BCUT2D eigenvalue weighted by molar-refractivity contribution is 5.75. The van der Waals surface area contributed by atoms with Crippen molar-refractivity contribution in [3.05, 3.63) is 22.7 Å². The van der Waals surface area contributed by atoms with Gasteiger partial charge in [0.1, 0.15) is 24.6 Å². The van der Waals surface area contributed by atoms with Crippen LogP contribution in [-0.4, -0.2) is 52.4 Å². The van der Waals surface area contributed by atoms with Gasteiger partial charge in [0.15, 0.2) is 6.10 Å². The van der Waals surface area contributed by atoms with Crippen LogP contribution in [0.1, 0.15) is 48.5 Å². The molecule has 0 amide bonds. The summed E-state index contributed by atoms with van der Waals surface area (Å²) < 4.78 is 23.3. The number of carbonyl (C=O) groups is 3. The summed E-state index contributed by atoms with van der Waals surface area (Å²) in [5.41, 5.74) is 1.48. The standard InChI is InChI=1S/C23H32N4O8/c1-12(2)18(28)33-16-14(10-32-20(30)22(5,6)7)35-23(11-24,17(16)34-19(29)13(3)4)27-9-8-15(25)26-21(27)31/h8-9,12-14,16-17H,10H2,1-7H3,(H2,25,26,31). The van der Waals surface area contributed by atoms with Crippen molar-refractivity contribution >= 4 is 23.7 Å². The first-order valence-corrected chi connectivity index (χ1v) is 11.2. The molecule has 35 heavy (non-hydrogen) atoms. The van der Waals surface area contributed by atoms with E-state index in [1.165, 1.54) is 6.07 Å². The first-order chi connectivity index (χ1) is 16.1. The maximum absolute atomic E-state index is 12.7. The molecule has 12 nitrogen and oxygen atoms in total. The Bertz CT molecular complexity index is 1070. The van der Waals surface area contributed by atoms with Gasteiger partial charge in [0.25, 0.3) is 5.72 Å². The molecule has 2 N–H and O–H groups in total. The van der Waals surface area contributed by atoms with Gasteiger partial charge in [-0.15, -0.1) is 0 Å². The molecule has 1 fully saturated rings. The molecule has 1 saturated heterocycles. The van der Waals surface area contributed by atoms with E-state index in [1.54, 1.807) is 48.5 Å². The Labute approximate surface area is 203 Å². The third kappa shape index (κ3) is 5.97. The van der Waals surface area contributed by atoms with Gasteiger partial charge in [-0.1, -0.05) is 27.7 Å². The second kappa shape index (κ2) is 10.4. The second-order valence-corrected chi connectivity index (χ2v) is 9.89. The molecular formula is C23H32N4O8. The van der Waals surface area contributed by atoms with E-state index in [9.17, 15) is 24.4 Å². The summed E-state index contributed by atoms with van der Waals surface area (Å²) >= 11 is 0. The Kier molecular flexibility index (Phi) is 8.28. The van der Waals surface area contributed by atoms with Crippen molar-refractivity contribution in [3.63, 3.8) is 0 Å². The van der Waals surface area contributed by atoms with E-state index in [0.717, 1.165) is 10.8 Å². The summed E-state index contributed by atoms with van der Waals surface area (Å²) in [6, 6.07) is 3.14. The Morgan fingerprint density at radius 3 is 2.26 bits per heavy atom. The molecule has 2 rings (SSSR count). The van der Waals surface area contributed by atoms with Gasteiger partial charge in [0.2, 0.25) is 6.10 Å². The van der Waals surface area contributed by atoms with E-state index in [2.05, 4.69) is 4.98 Å². The number of rotatable bonds is 7. The van der Waals surface area contributed by atoms with Crippen molar-refractivity contribution in [2.75, 3.05) is 12.3 Å². The number of carbonyl (C=O) groups excluding carboxylic acids is 3. The molecule has 1 aromatic heterocycles. The highest BCUT2D eigenvalue weighted by atomic mass is 16.7. The Morgan fingerprint density at radius 2 is 1.77 bits per heavy atom. The monoisotopic (exact) mass is 492 g/mol. The molecule has 0 radical (unpaired) electrons. The zero-order chi connectivity index (χ0) is 26.7. The van der Waals surface area contributed by atoms with Crippen LogP contribution in [0.2, 0.25) is 0 Å². The third-order valence-electron chi connectivity index (χ3n) is 5.15. The predicted molar refractivity (Wildman–Crippen MR) is 121 cm³/mol. The number of hydrogen-bond donors (Lipinski definition) is 1. The number of nitrogens with zero attached hydrogens (tertiary/aromatic N) is 3. The quantitative estimate of drug-likeness (QED) is 0.427. The lowest BCUT2D eigenvalue weighted by atomic mass is 9.97. The van der Waals surface area contributed by atoms with Crippen LogP contribution in [0, 0.1) is 28.6 Å². The number of aromatic nitrogens is 2. The number of anilines is 1. The average Bonchev–Trinajstić information content (AvgIpc) is 3.04. The van der Waals surface area contributed by atoms with E-state index in [-0.39, 0.29) is 5.82 Å². The summed E-state index contributed by atoms with van der Waals surface area (Å²) in [5.74, 6) is -3.28. The third-order valence-corrected chi connectivity index (χ3v) is 5.15. The highest BCUT2D eigenvalue weighted by Crippen LogP contribution is 2.39. The summed E-state index contributed by atoms with van der Waals surface area (Å²) in [7, 11) is 0. The van der Waals surface area contributed by atoms with Crippen molar-refractivity contribution < 1.29 is 33.3 Å². The van der Waals surface area contributed by atoms with Crippen molar-refractivity contribution in [1.82, 2.24) is 9.55 Å². The molecule has 0 bridgehead atoms. The smallest absolute Gasteiger partial charge is 0.352 e. The molecule has 0 aromatic carbocycles. The molecule has 0 spiro atoms. The Morgan fingerprint density at radius 1 is 1.20 bits per heavy atom. The highest BCUT2D eigenvalue weighted by Gasteiger charge is 2.62. The molecule has 192 valence electrons. The van der Waals surface area contributed by atoms with Crippen LogP contribution in [0.15, 0.2) is 17.1 Å². The maximum atomic E-state index is 12.7. The molecule has 4 atom stereocenters.